The molecule has 0 aliphatic heterocycles. The number of carbonyl (C=O) groups excluding carboxylic acids is 1. The van der Waals surface area contributed by atoms with Crippen molar-refractivity contribution in [3.8, 4) is 5.75 Å². The lowest BCUT2D eigenvalue weighted by Gasteiger charge is -2.20. The van der Waals surface area contributed by atoms with Crippen LogP contribution in [0.4, 0.5) is 0 Å². The second kappa shape index (κ2) is 11.7. The van der Waals surface area contributed by atoms with Gasteiger partial charge in [-0.15, -0.1) is 0 Å². The summed E-state index contributed by atoms with van der Waals surface area (Å²) in [5.74, 6) is -1.36. The third kappa shape index (κ3) is 6.26. The molecule has 4 N–H and O–H groups in total. The van der Waals surface area contributed by atoms with E-state index in [1.807, 2.05) is 67.6 Å². The predicted molar refractivity (Wildman–Crippen MR) is 155 cm³/mol. The molecule has 212 valence electrons. The van der Waals surface area contributed by atoms with E-state index in [1.165, 1.54) is 30.3 Å². The minimum absolute atomic E-state index is 0.000138. The average molecular weight is 573 g/mol. The summed E-state index contributed by atoms with van der Waals surface area (Å²) in [6.07, 6.45) is 1.84. The van der Waals surface area contributed by atoms with Crippen molar-refractivity contribution in [2.45, 2.75) is 49.0 Å². The number of benzene rings is 3. The van der Waals surface area contributed by atoms with E-state index in [0.717, 1.165) is 11.1 Å². The van der Waals surface area contributed by atoms with Crippen molar-refractivity contribution < 1.29 is 22.7 Å². The van der Waals surface area contributed by atoms with Gasteiger partial charge in [-0.1, -0.05) is 67.6 Å². The Balaban J connectivity index is 1.43. The van der Waals surface area contributed by atoms with E-state index in [0.29, 0.717) is 25.0 Å². The van der Waals surface area contributed by atoms with Gasteiger partial charge < -0.3 is 15.3 Å². The van der Waals surface area contributed by atoms with Gasteiger partial charge in [-0.05, 0) is 60.6 Å². The fraction of sp³-hybridized carbons (Fsp3) is 0.250. The van der Waals surface area contributed by atoms with E-state index in [2.05, 4.69) is 4.72 Å². The molecule has 0 bridgehead atoms. The highest BCUT2D eigenvalue weighted by molar-refractivity contribution is 7.89. The zero-order valence-corrected chi connectivity index (χ0v) is 23.4. The lowest BCUT2D eigenvalue weighted by molar-refractivity contribution is 0.1000. The third-order valence-electron chi connectivity index (χ3n) is 7.70. The number of rotatable bonds is 11. The molecule has 9 heteroatoms. The number of hydrogen-bond acceptors (Lipinski definition) is 6. The molecule has 0 spiro atoms. The molecule has 0 saturated heterocycles. The summed E-state index contributed by atoms with van der Waals surface area (Å²) in [6.45, 7) is 2.01. The van der Waals surface area contributed by atoms with Crippen molar-refractivity contribution in [3.05, 3.63) is 129 Å². The SMILES string of the molecule is CCC(Cc1ccccc1)c1cc(O)c(C(c2ccccc2)C2CC2NS(=O)(=O)c2ccc(C(N)=O)cc2)c(=O)o1. The molecule has 5 rings (SSSR count). The van der Waals surface area contributed by atoms with Crippen molar-refractivity contribution in [2.24, 2.45) is 11.7 Å². The summed E-state index contributed by atoms with van der Waals surface area (Å²) in [4.78, 5) is 24.8. The second-order valence-electron chi connectivity index (χ2n) is 10.4. The summed E-state index contributed by atoms with van der Waals surface area (Å²) < 4.78 is 34.7. The zero-order chi connectivity index (χ0) is 29.1. The minimum atomic E-state index is -3.91. The monoisotopic (exact) mass is 572 g/mol. The molecule has 1 saturated carbocycles. The number of aromatic hydroxyl groups is 1. The van der Waals surface area contributed by atoms with Crippen LogP contribution in [0.2, 0.25) is 0 Å². The third-order valence-corrected chi connectivity index (χ3v) is 9.20. The standard InChI is InChI=1S/C32H32N2O6S/c1-2-21(17-20-9-5-3-6-10-20)28-19-27(35)30(32(37)40-28)29(22-11-7-4-8-12-22)25-18-26(25)34-41(38,39)24-15-13-23(14-16-24)31(33)36/h3-16,19,21,25-26,29,34-35H,2,17-18H2,1H3,(H2,33,36). The Labute approximate surface area is 238 Å². The number of primary amides is 1. The van der Waals surface area contributed by atoms with E-state index < -0.39 is 33.5 Å². The molecule has 4 unspecified atom stereocenters. The van der Waals surface area contributed by atoms with Gasteiger partial charge in [0.05, 0.1) is 10.5 Å². The maximum absolute atomic E-state index is 13.5. The average Bonchev–Trinajstić information content (AvgIpc) is 3.71. The maximum Gasteiger partial charge on any atom is 0.343 e. The lowest BCUT2D eigenvalue weighted by atomic mass is 9.86. The first-order valence-electron chi connectivity index (χ1n) is 13.6. The molecular formula is C32H32N2O6S. The highest BCUT2D eigenvalue weighted by atomic mass is 32.2. The van der Waals surface area contributed by atoms with E-state index >= 15 is 0 Å². The molecule has 3 aromatic carbocycles. The first-order chi connectivity index (χ1) is 19.7. The molecule has 1 amide bonds. The largest absolute Gasteiger partial charge is 0.507 e. The van der Waals surface area contributed by atoms with Crippen LogP contribution >= 0.6 is 0 Å². The van der Waals surface area contributed by atoms with Crippen LogP contribution in [0, 0.1) is 5.92 Å². The van der Waals surface area contributed by atoms with Gasteiger partial charge in [0.25, 0.3) is 0 Å². The van der Waals surface area contributed by atoms with Crippen molar-refractivity contribution in [1.82, 2.24) is 4.72 Å². The fourth-order valence-corrected chi connectivity index (χ4v) is 6.71. The molecule has 0 radical (unpaired) electrons. The van der Waals surface area contributed by atoms with Gasteiger partial charge in [0, 0.05) is 29.5 Å². The van der Waals surface area contributed by atoms with E-state index in [1.54, 1.807) is 0 Å². The van der Waals surface area contributed by atoms with Gasteiger partial charge in [0.1, 0.15) is 11.5 Å². The summed E-state index contributed by atoms with van der Waals surface area (Å²) in [5, 5.41) is 11.2. The molecule has 1 heterocycles. The van der Waals surface area contributed by atoms with Crippen molar-refractivity contribution in [3.63, 3.8) is 0 Å². The van der Waals surface area contributed by atoms with Gasteiger partial charge in [0.15, 0.2) is 0 Å². The van der Waals surface area contributed by atoms with Gasteiger partial charge >= 0.3 is 5.63 Å². The Morgan fingerprint density at radius 2 is 1.66 bits per heavy atom. The Bertz CT molecular complexity index is 1690. The smallest absolute Gasteiger partial charge is 0.343 e. The highest BCUT2D eigenvalue weighted by Crippen LogP contribution is 2.48. The first-order valence-corrected chi connectivity index (χ1v) is 15.0. The summed E-state index contributed by atoms with van der Waals surface area (Å²) in [5.41, 5.74) is 6.83. The van der Waals surface area contributed by atoms with Crippen molar-refractivity contribution in [1.29, 1.82) is 0 Å². The summed E-state index contributed by atoms with van der Waals surface area (Å²) in [6, 6.07) is 25.6. The Morgan fingerprint density at radius 3 is 2.24 bits per heavy atom. The Morgan fingerprint density at radius 1 is 1.02 bits per heavy atom. The number of carbonyl (C=O) groups is 1. The zero-order valence-electron chi connectivity index (χ0n) is 22.6. The van der Waals surface area contributed by atoms with Gasteiger partial charge in [-0.25, -0.2) is 17.9 Å². The molecule has 1 aliphatic carbocycles. The van der Waals surface area contributed by atoms with Crippen LogP contribution in [-0.2, 0) is 16.4 Å². The quantitative estimate of drug-likeness (QED) is 0.238. The topological polar surface area (TPSA) is 140 Å². The van der Waals surface area contributed by atoms with Gasteiger partial charge in [-0.2, -0.15) is 0 Å². The Kier molecular flexibility index (Phi) is 8.10. The first kappa shape index (κ1) is 28.3. The minimum Gasteiger partial charge on any atom is -0.507 e. The highest BCUT2D eigenvalue weighted by Gasteiger charge is 2.48. The number of nitrogens with one attached hydrogen (secondary N) is 1. The number of hydrogen-bond donors (Lipinski definition) is 3. The number of sulfonamides is 1. The lowest BCUT2D eigenvalue weighted by Crippen LogP contribution is -2.29. The maximum atomic E-state index is 13.5. The molecule has 41 heavy (non-hydrogen) atoms. The van der Waals surface area contributed by atoms with Crippen LogP contribution in [0.25, 0.3) is 0 Å². The van der Waals surface area contributed by atoms with Gasteiger partial charge in [-0.3, -0.25) is 4.79 Å². The summed E-state index contributed by atoms with van der Waals surface area (Å²) >= 11 is 0. The predicted octanol–water partition coefficient (Wildman–Crippen LogP) is 4.68. The van der Waals surface area contributed by atoms with E-state index in [4.69, 9.17) is 10.2 Å². The fourth-order valence-electron chi connectivity index (χ4n) is 5.41. The molecule has 4 atom stereocenters. The number of amides is 1. The molecular weight excluding hydrogens is 540 g/mol. The molecule has 1 aliphatic rings. The van der Waals surface area contributed by atoms with Gasteiger partial charge in [0.2, 0.25) is 15.9 Å². The van der Waals surface area contributed by atoms with Crippen LogP contribution in [0.5, 0.6) is 5.75 Å². The number of nitrogens with two attached hydrogens (primary N) is 1. The normalized spacial score (nSPS) is 18.0. The van der Waals surface area contributed by atoms with Crippen LogP contribution in [-0.4, -0.2) is 25.5 Å². The van der Waals surface area contributed by atoms with Crippen LogP contribution in [0.3, 0.4) is 0 Å². The second-order valence-corrected chi connectivity index (χ2v) is 12.1. The van der Waals surface area contributed by atoms with Crippen LogP contribution in [0.1, 0.15) is 64.4 Å². The molecule has 8 nitrogen and oxygen atoms in total. The molecule has 4 aromatic rings. The van der Waals surface area contributed by atoms with E-state index in [-0.39, 0.29) is 33.6 Å². The molecule has 1 aromatic heterocycles. The van der Waals surface area contributed by atoms with E-state index in [9.17, 15) is 23.1 Å². The van der Waals surface area contributed by atoms with Crippen LogP contribution in [0.15, 0.2) is 105 Å². The summed E-state index contributed by atoms with van der Waals surface area (Å²) in [7, 11) is -3.91. The van der Waals surface area contributed by atoms with Crippen molar-refractivity contribution >= 4 is 15.9 Å². The molecule has 1 fully saturated rings. The van der Waals surface area contributed by atoms with Crippen molar-refractivity contribution in [2.75, 3.05) is 0 Å². The van der Waals surface area contributed by atoms with Crippen LogP contribution < -0.4 is 16.1 Å². The Hall–Kier alpha value is -4.21.